The third kappa shape index (κ3) is 4.58. The molecule has 1 saturated carbocycles. The fourth-order valence-electron chi connectivity index (χ4n) is 4.69. The molecule has 2 heterocycles. The molecule has 0 radical (unpaired) electrons. The Morgan fingerprint density at radius 2 is 1.82 bits per heavy atom. The molecule has 33 heavy (non-hydrogen) atoms. The Balaban J connectivity index is 1.49. The largest absolute Gasteiger partial charge is 0.508 e. The van der Waals surface area contributed by atoms with Gasteiger partial charge < -0.3 is 49.6 Å². The second-order valence-electron chi connectivity index (χ2n) is 8.82. The van der Waals surface area contributed by atoms with Gasteiger partial charge in [0.05, 0.1) is 30.0 Å². The van der Waals surface area contributed by atoms with Crippen molar-refractivity contribution < 1.29 is 54.4 Å². The van der Waals surface area contributed by atoms with Gasteiger partial charge in [0.15, 0.2) is 6.29 Å². The van der Waals surface area contributed by atoms with E-state index >= 15 is 0 Å². The smallest absolute Gasteiger partial charge is 0.338 e. The Morgan fingerprint density at radius 1 is 1.12 bits per heavy atom. The average Bonchev–Trinajstić information content (AvgIpc) is 3.05. The number of aromatic hydroxyl groups is 1. The highest BCUT2D eigenvalue weighted by Crippen LogP contribution is 2.48. The second kappa shape index (κ2) is 9.18. The van der Waals surface area contributed by atoms with Gasteiger partial charge in [-0.1, -0.05) is 0 Å². The van der Waals surface area contributed by atoms with Gasteiger partial charge in [0.25, 0.3) is 0 Å². The standard InChI is InChI=1S/C22H28O11/c1-22(29)8-13(31-19(28)10-2-4-11(24)5-3-10)12-6-7-30-20(15(12)22)33-21-18(27)17(26)16(25)14(9-23)32-21/h2-7,12-18,20-21,23-27,29H,8-9H2,1H3/t12-,13+,14-,15-,16-,17+,18-,20+,21-,22-/m1/s1. The summed E-state index contributed by atoms with van der Waals surface area (Å²) in [4.78, 5) is 12.6. The topological polar surface area (TPSA) is 175 Å². The fraction of sp³-hybridized carbons (Fsp3) is 0.591. The molecular formula is C22H28O11. The summed E-state index contributed by atoms with van der Waals surface area (Å²) < 4.78 is 22.3. The van der Waals surface area contributed by atoms with Crippen LogP contribution in [0, 0.1) is 11.8 Å². The monoisotopic (exact) mass is 468 g/mol. The van der Waals surface area contributed by atoms with E-state index in [2.05, 4.69) is 0 Å². The van der Waals surface area contributed by atoms with Crippen LogP contribution < -0.4 is 0 Å². The van der Waals surface area contributed by atoms with Crippen LogP contribution in [-0.4, -0.2) is 91.9 Å². The number of phenols is 1. The van der Waals surface area contributed by atoms with Gasteiger partial charge in [0.2, 0.25) is 6.29 Å². The molecule has 0 aromatic heterocycles. The zero-order valence-corrected chi connectivity index (χ0v) is 17.8. The molecule has 0 amide bonds. The molecule has 2 fully saturated rings. The maximum atomic E-state index is 12.6. The Hall–Kier alpha value is -2.25. The number of phenolic OH excluding ortho intramolecular Hbond substituents is 1. The van der Waals surface area contributed by atoms with Gasteiger partial charge in [0.1, 0.15) is 36.3 Å². The molecule has 2 aliphatic heterocycles. The van der Waals surface area contributed by atoms with Crippen molar-refractivity contribution in [3.8, 4) is 5.75 Å². The van der Waals surface area contributed by atoms with Crippen molar-refractivity contribution in [3.63, 3.8) is 0 Å². The van der Waals surface area contributed by atoms with Crippen molar-refractivity contribution in [3.05, 3.63) is 42.2 Å². The lowest BCUT2D eigenvalue weighted by molar-refractivity contribution is -0.346. The summed E-state index contributed by atoms with van der Waals surface area (Å²) in [6.45, 7) is 0.931. The SMILES string of the molecule is C[C@@]1(O)C[C@H](OC(=O)c2ccc(O)cc2)[C@H]2C=CO[C@@H](O[C@H]3O[C@H](CO)[C@@H](O)[C@H](O)[C@H]3O)[C@@H]21. The molecule has 10 atom stereocenters. The minimum Gasteiger partial charge on any atom is -0.508 e. The number of hydrogen-bond acceptors (Lipinski definition) is 11. The summed E-state index contributed by atoms with van der Waals surface area (Å²) in [5, 5.41) is 60.1. The Labute approximate surface area is 189 Å². The molecule has 1 aromatic carbocycles. The van der Waals surface area contributed by atoms with E-state index in [0.29, 0.717) is 0 Å². The first-order valence-electron chi connectivity index (χ1n) is 10.6. The third-order valence-electron chi connectivity index (χ3n) is 6.46. The fourth-order valence-corrected chi connectivity index (χ4v) is 4.69. The van der Waals surface area contributed by atoms with Gasteiger partial charge in [-0.25, -0.2) is 4.79 Å². The molecule has 3 aliphatic rings. The van der Waals surface area contributed by atoms with Gasteiger partial charge in [-0.2, -0.15) is 0 Å². The van der Waals surface area contributed by atoms with Gasteiger partial charge in [-0.15, -0.1) is 0 Å². The van der Waals surface area contributed by atoms with Crippen molar-refractivity contribution in [1.82, 2.24) is 0 Å². The Bertz CT molecular complexity index is 868. The lowest BCUT2D eigenvalue weighted by Gasteiger charge is -2.43. The lowest BCUT2D eigenvalue weighted by atomic mass is 9.85. The molecule has 6 N–H and O–H groups in total. The van der Waals surface area contributed by atoms with Crippen LogP contribution in [0.1, 0.15) is 23.7 Å². The minimum atomic E-state index is -1.63. The number of rotatable bonds is 5. The number of carbonyl (C=O) groups is 1. The van der Waals surface area contributed by atoms with Crippen molar-refractivity contribution in [2.75, 3.05) is 6.61 Å². The van der Waals surface area contributed by atoms with Crippen molar-refractivity contribution >= 4 is 5.97 Å². The van der Waals surface area contributed by atoms with Gasteiger partial charge in [-0.3, -0.25) is 0 Å². The summed E-state index contributed by atoms with van der Waals surface area (Å²) in [6.07, 6.45) is -6.21. The van der Waals surface area contributed by atoms with E-state index in [9.17, 15) is 35.4 Å². The van der Waals surface area contributed by atoms with Crippen LogP contribution in [0.5, 0.6) is 5.75 Å². The highest BCUT2D eigenvalue weighted by molar-refractivity contribution is 5.89. The molecule has 1 aliphatic carbocycles. The number of benzene rings is 1. The molecule has 11 nitrogen and oxygen atoms in total. The van der Waals surface area contributed by atoms with Crippen LogP contribution in [0.3, 0.4) is 0 Å². The van der Waals surface area contributed by atoms with Crippen molar-refractivity contribution in [2.24, 2.45) is 11.8 Å². The molecule has 4 rings (SSSR count). The van der Waals surface area contributed by atoms with E-state index in [1.807, 2.05) is 0 Å². The van der Waals surface area contributed by atoms with E-state index < -0.39 is 73.1 Å². The average molecular weight is 468 g/mol. The zero-order chi connectivity index (χ0) is 23.9. The predicted octanol–water partition coefficient (Wildman–Crippen LogP) is -1.01. The lowest BCUT2D eigenvalue weighted by Crippen LogP contribution is -2.60. The van der Waals surface area contributed by atoms with Gasteiger partial charge in [-0.05, 0) is 37.3 Å². The summed E-state index contributed by atoms with van der Waals surface area (Å²) in [7, 11) is 0. The molecule has 0 unspecified atom stereocenters. The summed E-state index contributed by atoms with van der Waals surface area (Å²) >= 11 is 0. The van der Waals surface area contributed by atoms with Crippen LogP contribution in [-0.2, 0) is 18.9 Å². The summed E-state index contributed by atoms with van der Waals surface area (Å²) in [5.74, 6) is -1.84. The number of aliphatic hydroxyl groups is 5. The molecule has 182 valence electrons. The number of fused-ring (bicyclic) bond motifs is 1. The molecule has 1 aromatic rings. The predicted molar refractivity (Wildman–Crippen MR) is 108 cm³/mol. The Kier molecular flexibility index (Phi) is 6.65. The van der Waals surface area contributed by atoms with Crippen LogP contribution in [0.2, 0.25) is 0 Å². The van der Waals surface area contributed by atoms with Crippen LogP contribution in [0.25, 0.3) is 0 Å². The maximum Gasteiger partial charge on any atom is 0.338 e. The van der Waals surface area contributed by atoms with E-state index in [1.54, 1.807) is 13.0 Å². The van der Waals surface area contributed by atoms with E-state index in [-0.39, 0.29) is 17.7 Å². The van der Waals surface area contributed by atoms with Crippen molar-refractivity contribution in [1.29, 1.82) is 0 Å². The maximum absolute atomic E-state index is 12.6. The van der Waals surface area contributed by atoms with E-state index in [4.69, 9.17) is 18.9 Å². The van der Waals surface area contributed by atoms with Crippen LogP contribution in [0.4, 0.5) is 0 Å². The summed E-state index contributed by atoms with van der Waals surface area (Å²) in [5.41, 5.74) is -1.16. The van der Waals surface area contributed by atoms with Crippen LogP contribution >= 0.6 is 0 Å². The van der Waals surface area contributed by atoms with E-state index in [1.165, 1.54) is 30.5 Å². The minimum absolute atomic E-state index is 0.0101. The van der Waals surface area contributed by atoms with Gasteiger partial charge in [0, 0.05) is 12.3 Å². The third-order valence-corrected chi connectivity index (χ3v) is 6.46. The molecule has 0 spiro atoms. The highest BCUT2D eigenvalue weighted by Gasteiger charge is 2.58. The van der Waals surface area contributed by atoms with Gasteiger partial charge >= 0.3 is 5.97 Å². The molecule has 11 heteroatoms. The number of carbonyl (C=O) groups excluding carboxylic acids is 1. The first kappa shape index (κ1) is 23.9. The first-order chi connectivity index (χ1) is 15.6. The Morgan fingerprint density at radius 3 is 2.48 bits per heavy atom. The highest BCUT2D eigenvalue weighted by atomic mass is 16.8. The molecule has 0 bridgehead atoms. The number of hydrogen-bond donors (Lipinski definition) is 6. The molecule has 1 saturated heterocycles. The zero-order valence-electron chi connectivity index (χ0n) is 17.8. The number of ether oxygens (including phenoxy) is 4. The van der Waals surface area contributed by atoms with Crippen LogP contribution in [0.15, 0.2) is 36.6 Å². The quantitative estimate of drug-likeness (QED) is 0.292. The normalized spacial score (nSPS) is 42.4. The number of esters is 1. The first-order valence-corrected chi connectivity index (χ1v) is 10.6. The molecular weight excluding hydrogens is 440 g/mol. The van der Waals surface area contributed by atoms with Crippen molar-refractivity contribution in [2.45, 2.75) is 62.0 Å². The van der Waals surface area contributed by atoms with E-state index in [0.717, 1.165) is 0 Å². The number of aliphatic hydroxyl groups excluding tert-OH is 4. The summed E-state index contributed by atoms with van der Waals surface area (Å²) in [6, 6.07) is 5.58. The second-order valence-corrected chi connectivity index (χ2v) is 8.82.